The first-order valence-electron chi connectivity index (χ1n) is 11.8. The van der Waals surface area contributed by atoms with E-state index in [0.717, 1.165) is 0 Å². The van der Waals surface area contributed by atoms with Crippen molar-refractivity contribution >= 4 is 39.4 Å². The van der Waals surface area contributed by atoms with Crippen LogP contribution in [0.25, 0.3) is 0 Å². The summed E-state index contributed by atoms with van der Waals surface area (Å²) in [6.07, 6.45) is 3.15. The molecule has 3 aliphatic rings. The Labute approximate surface area is 212 Å². The van der Waals surface area contributed by atoms with Gasteiger partial charge >= 0.3 is 5.97 Å². The van der Waals surface area contributed by atoms with Gasteiger partial charge in [-0.25, -0.2) is 0 Å². The maximum atomic E-state index is 14.2. The third kappa shape index (κ3) is 4.25. The minimum absolute atomic E-state index is 0.0462. The van der Waals surface area contributed by atoms with E-state index < -0.39 is 35.6 Å². The van der Waals surface area contributed by atoms with Gasteiger partial charge in [0.05, 0.1) is 25.0 Å². The van der Waals surface area contributed by atoms with E-state index in [0.29, 0.717) is 37.1 Å². The summed E-state index contributed by atoms with van der Waals surface area (Å²) in [5, 5.41) is 19.1. The molecule has 3 aliphatic heterocycles. The fourth-order valence-corrected chi connectivity index (χ4v) is 6.81. The van der Waals surface area contributed by atoms with Crippen LogP contribution in [0.1, 0.15) is 25.7 Å². The molecule has 1 aromatic rings. The number of rotatable bonds is 11. The number of alkyl halides is 1. The van der Waals surface area contributed by atoms with Crippen LogP contribution in [0.3, 0.4) is 0 Å². The highest BCUT2D eigenvalue weighted by molar-refractivity contribution is 9.09. The van der Waals surface area contributed by atoms with Crippen LogP contribution in [0.4, 0.5) is 5.69 Å². The predicted molar refractivity (Wildman–Crippen MR) is 132 cm³/mol. The quantitative estimate of drug-likeness (QED) is 0.246. The van der Waals surface area contributed by atoms with Crippen LogP contribution in [-0.2, 0) is 19.1 Å². The smallest absolute Gasteiger partial charge is 0.310 e. The van der Waals surface area contributed by atoms with Crippen molar-refractivity contribution in [2.75, 3.05) is 31.7 Å². The maximum Gasteiger partial charge on any atom is 0.310 e. The van der Waals surface area contributed by atoms with Gasteiger partial charge in [0.2, 0.25) is 5.91 Å². The van der Waals surface area contributed by atoms with Crippen molar-refractivity contribution < 1.29 is 34.1 Å². The van der Waals surface area contributed by atoms with Gasteiger partial charge in [-0.05, 0) is 49.9 Å². The summed E-state index contributed by atoms with van der Waals surface area (Å²) in [5.41, 5.74) is -0.611. The summed E-state index contributed by atoms with van der Waals surface area (Å²) in [5.74, 6) is -3.08. The molecule has 6 atom stereocenters. The Morgan fingerprint density at radius 3 is 2.63 bits per heavy atom. The van der Waals surface area contributed by atoms with Crippen LogP contribution in [0.5, 0.6) is 5.75 Å². The summed E-state index contributed by atoms with van der Waals surface area (Å²) in [7, 11) is 1.56. The van der Waals surface area contributed by atoms with Crippen molar-refractivity contribution in [2.24, 2.45) is 11.8 Å². The Bertz CT molecular complexity index is 987. The van der Waals surface area contributed by atoms with Gasteiger partial charge in [0.15, 0.2) is 0 Å². The number of carbonyl (C=O) groups is 3. The summed E-state index contributed by atoms with van der Waals surface area (Å²) in [6.45, 7) is 4.33. The van der Waals surface area contributed by atoms with E-state index in [9.17, 15) is 19.5 Å². The minimum atomic E-state index is -1.22. The SMILES string of the molecule is C=CCN(C(=O)C1N(CCCCCO)C(=O)[C@@H]2[C@@H](C(=O)O)[C@@H]3OC12CC3Br)c1ccc(OC)cc1. The van der Waals surface area contributed by atoms with Crippen LogP contribution >= 0.6 is 15.9 Å². The number of fused-ring (bicyclic) bond motifs is 1. The number of aliphatic hydroxyl groups is 1. The Kier molecular flexibility index (Phi) is 7.54. The molecule has 2 N–H and O–H groups in total. The Balaban J connectivity index is 1.74. The highest BCUT2D eigenvalue weighted by Crippen LogP contribution is 2.60. The molecule has 2 amide bonds. The number of anilines is 1. The lowest BCUT2D eigenvalue weighted by molar-refractivity contribution is -0.149. The van der Waals surface area contributed by atoms with Crippen LogP contribution in [0.2, 0.25) is 0 Å². The van der Waals surface area contributed by atoms with Crippen molar-refractivity contribution in [3.05, 3.63) is 36.9 Å². The molecule has 3 heterocycles. The molecule has 10 heteroatoms. The normalized spacial score (nSPS) is 30.9. The van der Waals surface area contributed by atoms with Crippen LogP contribution in [0, 0.1) is 11.8 Å². The standard InChI is InChI=1S/C25H31BrN2O7/c1-3-11-27(15-7-9-16(34-2)10-8-15)23(31)21-25-14-17(26)20(35-25)18(24(32)33)19(25)22(30)28(21)12-5-4-6-13-29/h3,7-10,17-21,29H,1,4-6,11-14H2,2H3,(H,32,33)/t17?,18-,19+,20-,21?,25?/m1/s1. The van der Waals surface area contributed by atoms with E-state index in [1.807, 2.05) is 0 Å². The van der Waals surface area contributed by atoms with Crippen molar-refractivity contribution in [3.8, 4) is 5.75 Å². The third-order valence-corrected chi connectivity index (χ3v) is 8.17. The first-order valence-corrected chi connectivity index (χ1v) is 12.7. The van der Waals surface area contributed by atoms with Crippen LogP contribution in [-0.4, -0.2) is 82.3 Å². The largest absolute Gasteiger partial charge is 0.497 e. The van der Waals surface area contributed by atoms with Gasteiger partial charge in [0.25, 0.3) is 5.91 Å². The topological polar surface area (TPSA) is 117 Å². The van der Waals surface area contributed by atoms with Crippen molar-refractivity contribution in [2.45, 2.75) is 48.3 Å². The molecule has 190 valence electrons. The second-order valence-electron chi connectivity index (χ2n) is 9.25. The third-order valence-electron chi connectivity index (χ3n) is 7.33. The molecule has 35 heavy (non-hydrogen) atoms. The fourth-order valence-electron chi connectivity index (χ4n) is 5.86. The zero-order chi connectivity index (χ0) is 25.3. The molecule has 0 aliphatic carbocycles. The van der Waals surface area contributed by atoms with E-state index in [4.69, 9.17) is 14.6 Å². The van der Waals surface area contributed by atoms with Gasteiger partial charge in [-0.1, -0.05) is 22.0 Å². The number of halogens is 1. The number of nitrogens with zero attached hydrogens (tertiary/aromatic N) is 2. The average molecular weight is 551 g/mol. The number of unbranched alkanes of at least 4 members (excludes halogenated alkanes) is 2. The maximum absolute atomic E-state index is 14.2. The number of carboxylic acid groups (broad SMARTS) is 1. The summed E-state index contributed by atoms with van der Waals surface area (Å²) in [6, 6.07) is 6.05. The molecule has 2 bridgehead atoms. The van der Waals surface area contributed by atoms with Gasteiger partial charge in [0, 0.05) is 30.2 Å². The molecular weight excluding hydrogens is 520 g/mol. The lowest BCUT2D eigenvalue weighted by Gasteiger charge is -2.37. The van der Waals surface area contributed by atoms with Gasteiger partial charge in [0.1, 0.15) is 17.4 Å². The molecular formula is C25H31BrN2O7. The molecule has 0 radical (unpaired) electrons. The molecule has 4 rings (SSSR count). The zero-order valence-corrected chi connectivity index (χ0v) is 21.2. The van der Waals surface area contributed by atoms with E-state index >= 15 is 0 Å². The second kappa shape index (κ2) is 10.3. The van der Waals surface area contributed by atoms with E-state index in [-0.39, 0.29) is 36.3 Å². The highest BCUT2D eigenvalue weighted by Gasteiger charge is 2.76. The fraction of sp³-hybridized carbons (Fsp3) is 0.560. The number of benzene rings is 1. The number of carbonyl (C=O) groups excluding carboxylic acids is 2. The zero-order valence-electron chi connectivity index (χ0n) is 19.6. The molecule has 0 saturated carbocycles. The number of hydrogen-bond acceptors (Lipinski definition) is 6. The lowest BCUT2D eigenvalue weighted by Crippen LogP contribution is -2.57. The molecule has 3 unspecified atom stereocenters. The number of aliphatic carboxylic acids is 1. The Morgan fingerprint density at radius 1 is 1.31 bits per heavy atom. The number of ether oxygens (including phenoxy) is 2. The minimum Gasteiger partial charge on any atom is -0.497 e. The van der Waals surface area contributed by atoms with Gasteiger partial charge in [-0.2, -0.15) is 0 Å². The molecule has 3 fully saturated rings. The number of likely N-dealkylation sites (tertiary alicyclic amines) is 1. The Morgan fingerprint density at radius 2 is 2.03 bits per heavy atom. The van der Waals surface area contributed by atoms with Crippen LogP contribution in [0.15, 0.2) is 36.9 Å². The van der Waals surface area contributed by atoms with Crippen LogP contribution < -0.4 is 9.64 Å². The summed E-state index contributed by atoms with van der Waals surface area (Å²) >= 11 is 3.55. The molecule has 9 nitrogen and oxygen atoms in total. The lowest BCUT2D eigenvalue weighted by atomic mass is 9.70. The number of aliphatic hydroxyl groups excluding tert-OH is 1. The molecule has 1 spiro atoms. The van der Waals surface area contributed by atoms with Gasteiger partial charge < -0.3 is 29.5 Å². The number of hydrogen-bond donors (Lipinski definition) is 2. The highest BCUT2D eigenvalue weighted by atomic mass is 79.9. The van der Waals surface area contributed by atoms with Crippen molar-refractivity contribution in [1.29, 1.82) is 0 Å². The first-order chi connectivity index (χ1) is 16.8. The average Bonchev–Trinajstić information content (AvgIpc) is 3.43. The van der Waals surface area contributed by atoms with Crippen molar-refractivity contribution in [3.63, 3.8) is 0 Å². The summed E-state index contributed by atoms with van der Waals surface area (Å²) in [4.78, 5) is 42.9. The Hall–Kier alpha value is -2.43. The number of carboxylic acids is 1. The van der Waals surface area contributed by atoms with E-state index in [2.05, 4.69) is 22.5 Å². The summed E-state index contributed by atoms with van der Waals surface area (Å²) < 4.78 is 11.5. The predicted octanol–water partition coefficient (Wildman–Crippen LogP) is 2.21. The van der Waals surface area contributed by atoms with Crippen molar-refractivity contribution in [1.82, 2.24) is 4.90 Å². The molecule has 1 aromatic carbocycles. The van der Waals surface area contributed by atoms with Gasteiger partial charge in [-0.15, -0.1) is 6.58 Å². The molecule has 0 aromatic heterocycles. The van der Waals surface area contributed by atoms with E-state index in [1.54, 1.807) is 42.4 Å². The number of amides is 2. The molecule has 3 saturated heterocycles. The number of methoxy groups -OCH3 is 1. The van der Waals surface area contributed by atoms with E-state index in [1.165, 1.54) is 4.90 Å². The van der Waals surface area contributed by atoms with Gasteiger partial charge in [-0.3, -0.25) is 14.4 Å². The first kappa shape index (κ1) is 25.7. The second-order valence-corrected chi connectivity index (χ2v) is 10.4. The monoisotopic (exact) mass is 550 g/mol.